The minimum atomic E-state index is -1.06. The molecule has 0 unspecified atom stereocenters. The van der Waals surface area contributed by atoms with Gasteiger partial charge < -0.3 is 4.74 Å². The fourth-order valence-corrected chi connectivity index (χ4v) is 1.84. The molecular formula is C15H29NO3. The van der Waals surface area contributed by atoms with Gasteiger partial charge in [0.25, 0.3) is 0 Å². The fourth-order valence-electron chi connectivity index (χ4n) is 1.84. The second-order valence-electron chi connectivity index (χ2n) is 5.81. The number of esters is 1. The highest BCUT2D eigenvalue weighted by Gasteiger charge is 2.37. The van der Waals surface area contributed by atoms with Crippen molar-refractivity contribution in [1.29, 1.82) is 0 Å². The number of ether oxygens (including phenoxy) is 1. The van der Waals surface area contributed by atoms with Crippen LogP contribution in [0.25, 0.3) is 0 Å². The number of rotatable bonds is 9. The summed E-state index contributed by atoms with van der Waals surface area (Å²) in [7, 11) is 1.32. The van der Waals surface area contributed by atoms with E-state index in [4.69, 9.17) is 4.74 Å². The molecule has 0 N–H and O–H groups in total. The summed E-state index contributed by atoms with van der Waals surface area (Å²) in [6.45, 7) is 10.8. The highest BCUT2D eigenvalue weighted by molar-refractivity contribution is 6.03. The Bertz CT molecular complexity index is 298. The van der Waals surface area contributed by atoms with Gasteiger partial charge in [0.05, 0.1) is 13.7 Å². The third-order valence-corrected chi connectivity index (χ3v) is 3.52. The van der Waals surface area contributed by atoms with Gasteiger partial charge in [-0.15, -0.1) is 0 Å². The molecule has 0 rings (SSSR count). The van der Waals surface area contributed by atoms with E-state index in [-0.39, 0.29) is 5.78 Å². The number of methoxy groups -OCH3 is 1. The lowest BCUT2D eigenvalue weighted by molar-refractivity contribution is -0.156. The third kappa shape index (κ3) is 5.72. The van der Waals surface area contributed by atoms with Crippen LogP contribution in [0.3, 0.4) is 0 Å². The van der Waals surface area contributed by atoms with Crippen molar-refractivity contribution in [2.75, 3.05) is 20.2 Å². The van der Waals surface area contributed by atoms with Gasteiger partial charge in [0.15, 0.2) is 5.78 Å². The molecule has 0 saturated heterocycles. The number of carbonyl (C=O) groups excluding carboxylic acids is 2. The van der Waals surface area contributed by atoms with Crippen molar-refractivity contribution in [2.45, 2.75) is 59.9 Å². The van der Waals surface area contributed by atoms with Crippen LogP contribution < -0.4 is 0 Å². The summed E-state index contributed by atoms with van der Waals surface area (Å²) in [5, 5.41) is 0. The van der Waals surface area contributed by atoms with E-state index in [1.165, 1.54) is 7.11 Å². The monoisotopic (exact) mass is 271 g/mol. The Kier molecular flexibility index (Phi) is 7.91. The Morgan fingerprint density at radius 2 is 1.79 bits per heavy atom. The number of nitrogens with zero attached hydrogens (tertiary/aromatic N) is 1. The Morgan fingerprint density at radius 1 is 1.21 bits per heavy atom. The average Bonchev–Trinajstić information content (AvgIpc) is 2.36. The second-order valence-corrected chi connectivity index (χ2v) is 5.81. The summed E-state index contributed by atoms with van der Waals surface area (Å²) in [4.78, 5) is 26.0. The molecule has 0 aromatic carbocycles. The molecule has 0 aromatic rings. The standard InChI is InChI=1S/C15H29NO3/c1-7-8-9-10-16(12(2)3)11-13(17)15(4,5)14(18)19-6/h12H,7-11H2,1-6H3. The smallest absolute Gasteiger partial charge is 0.318 e. The molecule has 0 radical (unpaired) electrons. The van der Waals surface area contributed by atoms with Crippen molar-refractivity contribution < 1.29 is 14.3 Å². The molecule has 0 aliphatic carbocycles. The highest BCUT2D eigenvalue weighted by Crippen LogP contribution is 2.20. The number of Topliss-reactive ketones (excluding diaryl/α,β-unsaturated/α-hetero) is 1. The maximum Gasteiger partial charge on any atom is 0.318 e. The van der Waals surface area contributed by atoms with Crippen molar-refractivity contribution in [3.05, 3.63) is 0 Å². The van der Waals surface area contributed by atoms with Crippen molar-refractivity contribution in [2.24, 2.45) is 5.41 Å². The molecule has 112 valence electrons. The van der Waals surface area contributed by atoms with Gasteiger partial charge in [-0.05, 0) is 40.7 Å². The molecule has 0 amide bonds. The maximum atomic E-state index is 12.3. The normalized spacial score (nSPS) is 12.0. The van der Waals surface area contributed by atoms with Gasteiger partial charge in [-0.3, -0.25) is 14.5 Å². The molecular weight excluding hydrogens is 242 g/mol. The predicted octanol–water partition coefficient (Wildman–Crippen LogP) is 2.66. The predicted molar refractivity (Wildman–Crippen MR) is 77.0 cm³/mol. The van der Waals surface area contributed by atoms with Crippen LogP contribution in [0.1, 0.15) is 53.9 Å². The van der Waals surface area contributed by atoms with E-state index in [9.17, 15) is 9.59 Å². The second kappa shape index (κ2) is 8.31. The van der Waals surface area contributed by atoms with E-state index >= 15 is 0 Å². The van der Waals surface area contributed by atoms with Crippen molar-refractivity contribution in [1.82, 2.24) is 4.90 Å². The summed E-state index contributed by atoms with van der Waals surface area (Å²) in [5.41, 5.74) is -1.06. The number of carbonyl (C=O) groups is 2. The average molecular weight is 271 g/mol. The van der Waals surface area contributed by atoms with Gasteiger partial charge >= 0.3 is 5.97 Å². The van der Waals surface area contributed by atoms with Crippen LogP contribution in [0.5, 0.6) is 0 Å². The highest BCUT2D eigenvalue weighted by atomic mass is 16.5. The quantitative estimate of drug-likeness (QED) is 0.367. The summed E-state index contributed by atoms with van der Waals surface area (Å²) >= 11 is 0. The molecule has 0 aliphatic rings. The lowest BCUT2D eigenvalue weighted by Crippen LogP contribution is -2.44. The zero-order chi connectivity index (χ0) is 15.1. The molecule has 0 aliphatic heterocycles. The SMILES string of the molecule is CCCCCN(CC(=O)C(C)(C)C(=O)OC)C(C)C. The summed E-state index contributed by atoms with van der Waals surface area (Å²) < 4.78 is 4.70. The topological polar surface area (TPSA) is 46.6 Å². The van der Waals surface area contributed by atoms with Crippen molar-refractivity contribution in [3.8, 4) is 0 Å². The molecule has 0 aromatic heterocycles. The van der Waals surface area contributed by atoms with E-state index in [1.54, 1.807) is 13.8 Å². The van der Waals surface area contributed by atoms with Gasteiger partial charge in [-0.1, -0.05) is 19.8 Å². The third-order valence-electron chi connectivity index (χ3n) is 3.52. The van der Waals surface area contributed by atoms with E-state index < -0.39 is 11.4 Å². The first-order valence-electron chi connectivity index (χ1n) is 7.13. The van der Waals surface area contributed by atoms with Gasteiger partial charge in [0, 0.05) is 6.04 Å². The molecule has 0 saturated carbocycles. The Morgan fingerprint density at radius 3 is 2.21 bits per heavy atom. The largest absolute Gasteiger partial charge is 0.468 e. The van der Waals surface area contributed by atoms with Crippen LogP contribution in [-0.2, 0) is 14.3 Å². The van der Waals surface area contributed by atoms with Gasteiger partial charge in [0.2, 0.25) is 0 Å². The molecule has 0 spiro atoms. The van der Waals surface area contributed by atoms with Crippen LogP contribution >= 0.6 is 0 Å². The molecule has 0 bridgehead atoms. The van der Waals surface area contributed by atoms with Crippen molar-refractivity contribution >= 4 is 11.8 Å². The van der Waals surface area contributed by atoms with Crippen molar-refractivity contribution in [3.63, 3.8) is 0 Å². The lowest BCUT2D eigenvalue weighted by atomic mass is 9.87. The zero-order valence-electron chi connectivity index (χ0n) is 13.3. The summed E-state index contributed by atoms with van der Waals surface area (Å²) in [5.74, 6) is -0.542. The van der Waals surface area contributed by atoms with E-state index in [1.807, 2.05) is 0 Å². The first-order chi connectivity index (χ1) is 8.77. The van der Waals surface area contributed by atoms with E-state index in [0.29, 0.717) is 12.6 Å². The van der Waals surface area contributed by atoms with Crippen LogP contribution in [0, 0.1) is 5.41 Å². The first-order valence-corrected chi connectivity index (χ1v) is 7.13. The molecule has 4 heteroatoms. The van der Waals surface area contributed by atoms with E-state index in [0.717, 1.165) is 25.8 Å². The summed E-state index contributed by atoms with van der Waals surface area (Å²) in [6.07, 6.45) is 3.41. The molecule has 4 nitrogen and oxygen atoms in total. The number of hydrogen-bond acceptors (Lipinski definition) is 4. The van der Waals surface area contributed by atoms with Gasteiger partial charge in [0.1, 0.15) is 5.41 Å². The minimum absolute atomic E-state index is 0.0791. The summed E-state index contributed by atoms with van der Waals surface area (Å²) in [6, 6.07) is 0.300. The number of hydrogen-bond donors (Lipinski definition) is 0. The molecule has 0 heterocycles. The number of unbranched alkanes of at least 4 members (excludes halogenated alkanes) is 2. The van der Waals surface area contributed by atoms with Crippen LogP contribution in [0.2, 0.25) is 0 Å². The Balaban J connectivity index is 4.58. The maximum absolute atomic E-state index is 12.3. The van der Waals surface area contributed by atoms with Crippen LogP contribution in [-0.4, -0.2) is 42.9 Å². The molecule has 19 heavy (non-hydrogen) atoms. The van der Waals surface area contributed by atoms with Gasteiger partial charge in [-0.2, -0.15) is 0 Å². The lowest BCUT2D eigenvalue weighted by Gasteiger charge is -2.29. The van der Waals surface area contributed by atoms with Gasteiger partial charge in [-0.25, -0.2) is 0 Å². The fraction of sp³-hybridized carbons (Fsp3) is 0.867. The first kappa shape index (κ1) is 18.1. The van der Waals surface area contributed by atoms with E-state index in [2.05, 4.69) is 25.7 Å². The molecule has 0 fully saturated rings. The van der Waals surface area contributed by atoms with Crippen LogP contribution in [0.4, 0.5) is 0 Å². The minimum Gasteiger partial charge on any atom is -0.468 e. The van der Waals surface area contributed by atoms with Crippen LogP contribution in [0.15, 0.2) is 0 Å². The zero-order valence-corrected chi connectivity index (χ0v) is 13.3. The molecule has 0 atom stereocenters. The Labute approximate surface area is 117 Å². The Hall–Kier alpha value is -0.900. The number of ketones is 1.